The van der Waals surface area contributed by atoms with E-state index in [2.05, 4.69) is 15.5 Å². The van der Waals surface area contributed by atoms with Gasteiger partial charge >= 0.3 is 5.69 Å². The fourth-order valence-electron chi connectivity index (χ4n) is 2.60. The molecule has 0 spiro atoms. The molecule has 0 atom stereocenters. The molecule has 2 N–H and O–H groups in total. The van der Waals surface area contributed by atoms with Crippen LogP contribution in [-0.4, -0.2) is 26.4 Å². The summed E-state index contributed by atoms with van der Waals surface area (Å²) in [6, 6.07) is 16.9. The molecule has 1 aliphatic rings. The Morgan fingerprint density at radius 2 is 1.85 bits per heavy atom. The number of carbonyl (C=O) groups is 1. The van der Waals surface area contributed by atoms with Crippen LogP contribution in [0.3, 0.4) is 0 Å². The summed E-state index contributed by atoms with van der Waals surface area (Å²) in [5.41, 5.74) is 0.469. The maximum absolute atomic E-state index is 12.2. The van der Waals surface area contributed by atoms with Crippen molar-refractivity contribution in [3.8, 4) is 11.5 Å². The highest BCUT2D eigenvalue weighted by Gasteiger charge is 2.28. The van der Waals surface area contributed by atoms with Gasteiger partial charge in [0.1, 0.15) is 11.5 Å². The van der Waals surface area contributed by atoms with Gasteiger partial charge in [0, 0.05) is 11.7 Å². The Hall–Kier alpha value is -3.00. The maximum atomic E-state index is 12.2. The van der Waals surface area contributed by atoms with E-state index >= 15 is 0 Å². The predicted molar refractivity (Wildman–Crippen MR) is 103 cm³/mol. The zero-order chi connectivity index (χ0) is 18.6. The molecule has 1 heterocycles. The molecule has 138 valence electrons. The number of thioether (sulfide) groups is 1. The number of aromatic nitrogens is 3. The number of amides is 1. The highest BCUT2D eigenvalue weighted by molar-refractivity contribution is 7.99. The minimum atomic E-state index is -0.214. The van der Waals surface area contributed by atoms with Gasteiger partial charge in [0.25, 0.3) is 0 Å². The number of ether oxygens (including phenoxy) is 1. The predicted octanol–water partition coefficient (Wildman–Crippen LogP) is 3.43. The zero-order valence-corrected chi connectivity index (χ0v) is 15.2. The Bertz CT molecular complexity index is 978. The van der Waals surface area contributed by atoms with E-state index in [-0.39, 0.29) is 23.4 Å². The van der Waals surface area contributed by atoms with E-state index in [0.717, 1.165) is 18.6 Å². The van der Waals surface area contributed by atoms with Crippen molar-refractivity contribution >= 4 is 23.4 Å². The van der Waals surface area contributed by atoms with Crippen molar-refractivity contribution in [2.45, 2.75) is 24.0 Å². The van der Waals surface area contributed by atoms with Crippen LogP contribution in [0.25, 0.3) is 0 Å². The fourth-order valence-corrected chi connectivity index (χ4v) is 3.42. The third-order valence-corrected chi connectivity index (χ3v) is 4.99. The normalized spacial score (nSPS) is 13.3. The summed E-state index contributed by atoms with van der Waals surface area (Å²) in [5, 5.41) is 9.84. The summed E-state index contributed by atoms with van der Waals surface area (Å²) in [6.07, 6.45) is 1.97. The summed E-state index contributed by atoms with van der Waals surface area (Å²) >= 11 is 1.25. The van der Waals surface area contributed by atoms with Gasteiger partial charge in [0.2, 0.25) is 5.91 Å². The van der Waals surface area contributed by atoms with Gasteiger partial charge in [-0.15, -0.1) is 5.10 Å². The Balaban J connectivity index is 1.31. The van der Waals surface area contributed by atoms with Gasteiger partial charge in [-0.3, -0.25) is 9.36 Å². The minimum absolute atomic E-state index is 0.158. The third kappa shape index (κ3) is 4.40. The third-order valence-electron chi connectivity index (χ3n) is 4.03. The average molecular weight is 382 g/mol. The van der Waals surface area contributed by atoms with Crippen LogP contribution < -0.4 is 15.7 Å². The van der Waals surface area contributed by atoms with Gasteiger partial charge in [-0.1, -0.05) is 30.0 Å². The molecule has 2 aromatic carbocycles. The molecule has 0 bridgehead atoms. The van der Waals surface area contributed by atoms with Gasteiger partial charge in [0.15, 0.2) is 5.16 Å². The molecule has 1 aromatic heterocycles. The molecule has 8 heteroatoms. The van der Waals surface area contributed by atoms with Crippen molar-refractivity contribution in [1.29, 1.82) is 0 Å². The van der Waals surface area contributed by atoms with E-state index in [1.54, 1.807) is 28.8 Å². The molecule has 0 aliphatic heterocycles. The Morgan fingerprint density at radius 3 is 2.56 bits per heavy atom. The second-order valence-electron chi connectivity index (χ2n) is 6.19. The number of nitrogens with one attached hydrogen (secondary N) is 2. The number of hydrogen-bond acceptors (Lipinski definition) is 5. The van der Waals surface area contributed by atoms with Crippen LogP contribution in [0.4, 0.5) is 5.69 Å². The van der Waals surface area contributed by atoms with Crippen LogP contribution in [0.2, 0.25) is 0 Å². The summed E-state index contributed by atoms with van der Waals surface area (Å²) in [7, 11) is 0. The van der Waals surface area contributed by atoms with Gasteiger partial charge in [-0.2, -0.15) is 0 Å². The molecule has 0 saturated heterocycles. The Labute approximate surface area is 159 Å². The number of hydrogen-bond donors (Lipinski definition) is 2. The molecule has 4 rings (SSSR count). The largest absolute Gasteiger partial charge is 0.457 e. The van der Waals surface area contributed by atoms with Crippen molar-refractivity contribution in [3.05, 3.63) is 65.1 Å². The second-order valence-corrected chi connectivity index (χ2v) is 7.13. The number of anilines is 1. The number of carbonyl (C=O) groups excluding carboxylic acids is 1. The maximum Gasteiger partial charge on any atom is 0.344 e. The molecule has 1 fully saturated rings. The van der Waals surface area contributed by atoms with E-state index in [1.807, 2.05) is 30.3 Å². The number of para-hydroxylation sites is 1. The van der Waals surface area contributed by atoms with Crippen LogP contribution in [0.1, 0.15) is 18.9 Å². The summed E-state index contributed by atoms with van der Waals surface area (Å²) in [5.74, 6) is 1.47. The van der Waals surface area contributed by atoms with Crippen molar-refractivity contribution in [3.63, 3.8) is 0 Å². The van der Waals surface area contributed by atoms with Crippen LogP contribution in [0.5, 0.6) is 11.5 Å². The standard InChI is InChI=1S/C19H18N4O3S/c24-17(12-27-19-22-21-18(25)23(19)14-8-9-14)20-13-6-10-16(11-7-13)26-15-4-2-1-3-5-15/h1-7,10-11,14H,8-9,12H2,(H,20,24)(H,21,25). The van der Waals surface area contributed by atoms with E-state index in [4.69, 9.17) is 4.74 Å². The monoisotopic (exact) mass is 382 g/mol. The fraction of sp³-hybridized carbons (Fsp3) is 0.211. The molecule has 0 radical (unpaired) electrons. The summed E-state index contributed by atoms with van der Waals surface area (Å²) in [4.78, 5) is 23.9. The molecule has 1 amide bonds. The summed E-state index contributed by atoms with van der Waals surface area (Å²) in [6.45, 7) is 0. The molecule has 7 nitrogen and oxygen atoms in total. The van der Waals surface area contributed by atoms with Crippen LogP contribution in [0.15, 0.2) is 64.5 Å². The van der Waals surface area contributed by atoms with Crippen molar-refractivity contribution in [1.82, 2.24) is 14.8 Å². The Kier molecular flexibility index (Phi) is 4.97. The molecule has 3 aromatic rings. The highest BCUT2D eigenvalue weighted by atomic mass is 32.2. The number of aromatic amines is 1. The SMILES string of the molecule is O=C(CSc1n[nH]c(=O)n1C1CC1)Nc1ccc(Oc2ccccc2)cc1. The first-order chi connectivity index (χ1) is 13.2. The van der Waals surface area contributed by atoms with Crippen molar-refractivity contribution in [2.75, 3.05) is 11.1 Å². The van der Waals surface area contributed by atoms with Gasteiger partial charge < -0.3 is 10.1 Å². The van der Waals surface area contributed by atoms with Crippen molar-refractivity contribution < 1.29 is 9.53 Å². The van der Waals surface area contributed by atoms with Crippen LogP contribution in [0, 0.1) is 0 Å². The van der Waals surface area contributed by atoms with E-state index < -0.39 is 0 Å². The van der Waals surface area contributed by atoms with Crippen LogP contribution >= 0.6 is 11.8 Å². The summed E-state index contributed by atoms with van der Waals surface area (Å²) < 4.78 is 7.36. The number of benzene rings is 2. The smallest absolute Gasteiger partial charge is 0.344 e. The van der Waals surface area contributed by atoms with E-state index in [0.29, 0.717) is 16.6 Å². The number of nitrogens with zero attached hydrogens (tertiary/aromatic N) is 2. The first-order valence-electron chi connectivity index (χ1n) is 8.61. The first-order valence-corrected chi connectivity index (χ1v) is 9.60. The van der Waals surface area contributed by atoms with E-state index in [9.17, 15) is 9.59 Å². The molecule has 27 heavy (non-hydrogen) atoms. The molecule has 0 unspecified atom stereocenters. The van der Waals surface area contributed by atoms with Gasteiger partial charge in [-0.25, -0.2) is 9.89 Å². The number of rotatable bonds is 7. The number of H-pyrrole nitrogens is 1. The molecule has 1 saturated carbocycles. The first kappa shape index (κ1) is 17.4. The van der Waals surface area contributed by atoms with Gasteiger partial charge in [-0.05, 0) is 49.2 Å². The lowest BCUT2D eigenvalue weighted by atomic mass is 10.3. The van der Waals surface area contributed by atoms with Gasteiger partial charge in [0.05, 0.1) is 5.75 Å². The molecule has 1 aliphatic carbocycles. The quantitative estimate of drug-likeness (QED) is 0.611. The minimum Gasteiger partial charge on any atom is -0.457 e. The lowest BCUT2D eigenvalue weighted by Crippen LogP contribution is -2.17. The zero-order valence-electron chi connectivity index (χ0n) is 14.4. The highest BCUT2D eigenvalue weighted by Crippen LogP contribution is 2.36. The van der Waals surface area contributed by atoms with Crippen LogP contribution in [-0.2, 0) is 4.79 Å². The Morgan fingerprint density at radius 1 is 1.15 bits per heavy atom. The van der Waals surface area contributed by atoms with Crippen molar-refractivity contribution in [2.24, 2.45) is 0 Å². The lowest BCUT2D eigenvalue weighted by Gasteiger charge is -2.08. The van der Waals surface area contributed by atoms with E-state index in [1.165, 1.54) is 11.8 Å². The topological polar surface area (TPSA) is 89.0 Å². The average Bonchev–Trinajstić information content (AvgIpc) is 3.45. The molecular weight excluding hydrogens is 364 g/mol. The second kappa shape index (κ2) is 7.71. The molecular formula is C19H18N4O3S. The lowest BCUT2D eigenvalue weighted by molar-refractivity contribution is -0.113.